The molecule has 0 spiro atoms. The molecule has 0 heterocycles. The predicted molar refractivity (Wildman–Crippen MR) is 78.3 cm³/mol. The van der Waals surface area contributed by atoms with Crippen LogP contribution in [0.4, 0.5) is 0 Å². The first kappa shape index (κ1) is 13.6. The van der Waals surface area contributed by atoms with E-state index in [1.54, 1.807) is 0 Å². The number of benzene rings is 1. The van der Waals surface area contributed by atoms with Gasteiger partial charge in [-0.25, -0.2) is 0 Å². The fourth-order valence-electron chi connectivity index (χ4n) is 2.29. The fraction of sp³-hybridized carbons (Fsp3) is 0.533. The van der Waals surface area contributed by atoms with Crippen molar-refractivity contribution >= 4 is 21.8 Å². The lowest BCUT2D eigenvalue weighted by molar-refractivity contribution is 0.0599. The van der Waals surface area contributed by atoms with Crippen LogP contribution in [0, 0.1) is 0 Å². The smallest absolute Gasteiger partial charge is 0.254 e. The maximum absolute atomic E-state index is 12.5. The average molecular weight is 310 g/mol. The molecule has 1 aromatic rings. The van der Waals surface area contributed by atoms with Crippen LogP contribution in [0.3, 0.4) is 0 Å². The zero-order valence-electron chi connectivity index (χ0n) is 10.9. The van der Waals surface area contributed by atoms with Crippen LogP contribution >= 0.6 is 15.9 Å². The number of carbonyl (C=O) groups excluding carboxylic acids is 1. The highest BCUT2D eigenvalue weighted by Crippen LogP contribution is 2.26. The Morgan fingerprint density at radius 2 is 2.00 bits per heavy atom. The van der Waals surface area contributed by atoms with E-state index >= 15 is 0 Å². The van der Waals surface area contributed by atoms with Crippen LogP contribution < -0.4 is 0 Å². The SMILES string of the molecule is CCc1ccc(C(=O)N(CCBr)C2CCC2)cc1. The second kappa shape index (κ2) is 6.37. The molecule has 3 heteroatoms. The summed E-state index contributed by atoms with van der Waals surface area (Å²) in [5, 5.41) is 0.849. The lowest BCUT2D eigenvalue weighted by Crippen LogP contribution is -2.45. The van der Waals surface area contributed by atoms with E-state index in [0.29, 0.717) is 6.04 Å². The van der Waals surface area contributed by atoms with E-state index < -0.39 is 0 Å². The minimum atomic E-state index is 0.182. The summed E-state index contributed by atoms with van der Waals surface area (Å²) in [6.07, 6.45) is 4.59. The molecule has 0 aliphatic heterocycles. The third-order valence-electron chi connectivity index (χ3n) is 3.71. The summed E-state index contributed by atoms with van der Waals surface area (Å²) in [4.78, 5) is 14.5. The highest BCUT2D eigenvalue weighted by Gasteiger charge is 2.28. The average Bonchev–Trinajstić information content (AvgIpc) is 2.35. The van der Waals surface area contributed by atoms with Gasteiger partial charge in [0.1, 0.15) is 0 Å². The fourth-order valence-corrected chi connectivity index (χ4v) is 2.67. The van der Waals surface area contributed by atoms with Crippen LogP contribution in [0.25, 0.3) is 0 Å². The molecule has 0 aromatic heterocycles. The van der Waals surface area contributed by atoms with E-state index in [4.69, 9.17) is 0 Å². The topological polar surface area (TPSA) is 20.3 Å². The third kappa shape index (κ3) is 2.94. The van der Waals surface area contributed by atoms with Gasteiger partial charge in [-0.2, -0.15) is 0 Å². The van der Waals surface area contributed by atoms with E-state index in [1.807, 2.05) is 17.0 Å². The molecule has 0 N–H and O–H groups in total. The maximum Gasteiger partial charge on any atom is 0.254 e. The van der Waals surface area contributed by atoms with Gasteiger partial charge in [-0.3, -0.25) is 4.79 Å². The summed E-state index contributed by atoms with van der Waals surface area (Å²) >= 11 is 3.44. The van der Waals surface area contributed by atoms with Crippen molar-refractivity contribution in [2.75, 3.05) is 11.9 Å². The van der Waals surface area contributed by atoms with Gasteiger partial charge in [0.15, 0.2) is 0 Å². The van der Waals surface area contributed by atoms with Crippen molar-refractivity contribution < 1.29 is 4.79 Å². The summed E-state index contributed by atoms with van der Waals surface area (Å²) in [6, 6.07) is 8.49. The van der Waals surface area contributed by atoms with Gasteiger partial charge in [0.2, 0.25) is 0 Å². The van der Waals surface area contributed by atoms with Gasteiger partial charge in [-0.1, -0.05) is 35.0 Å². The lowest BCUT2D eigenvalue weighted by Gasteiger charge is -2.37. The van der Waals surface area contributed by atoms with E-state index in [-0.39, 0.29) is 5.91 Å². The van der Waals surface area contributed by atoms with E-state index in [9.17, 15) is 4.79 Å². The molecule has 18 heavy (non-hydrogen) atoms. The van der Waals surface area contributed by atoms with Crippen LogP contribution in [0.1, 0.15) is 42.1 Å². The van der Waals surface area contributed by atoms with E-state index in [2.05, 4.69) is 35.0 Å². The number of hydrogen-bond donors (Lipinski definition) is 0. The van der Waals surface area contributed by atoms with Crippen LogP contribution in [-0.4, -0.2) is 28.7 Å². The molecule has 0 saturated heterocycles. The number of amides is 1. The Balaban J connectivity index is 2.10. The summed E-state index contributed by atoms with van der Waals surface area (Å²) in [5.41, 5.74) is 2.10. The van der Waals surface area contributed by atoms with Gasteiger partial charge >= 0.3 is 0 Å². The van der Waals surface area contributed by atoms with E-state index in [1.165, 1.54) is 12.0 Å². The van der Waals surface area contributed by atoms with Crippen LogP contribution in [-0.2, 0) is 6.42 Å². The standard InChI is InChI=1S/C15H20BrNO/c1-2-12-6-8-13(9-7-12)15(18)17(11-10-16)14-4-3-5-14/h6-9,14H,2-5,10-11H2,1H3. The molecule has 0 atom stereocenters. The molecule has 0 unspecified atom stereocenters. The Labute approximate surface area is 117 Å². The van der Waals surface area contributed by atoms with Crippen LogP contribution in [0.15, 0.2) is 24.3 Å². The number of hydrogen-bond acceptors (Lipinski definition) is 1. The molecule has 1 fully saturated rings. The van der Waals surface area contributed by atoms with E-state index in [0.717, 1.165) is 36.7 Å². The number of carbonyl (C=O) groups is 1. The second-order valence-electron chi connectivity index (χ2n) is 4.82. The largest absolute Gasteiger partial charge is 0.335 e. The van der Waals surface area contributed by atoms with Crippen molar-refractivity contribution in [3.8, 4) is 0 Å². The quantitative estimate of drug-likeness (QED) is 0.760. The maximum atomic E-state index is 12.5. The van der Waals surface area contributed by atoms with Crippen molar-refractivity contribution in [2.45, 2.75) is 38.6 Å². The zero-order chi connectivity index (χ0) is 13.0. The molecule has 98 valence electrons. The summed E-state index contributed by atoms with van der Waals surface area (Å²) in [5.74, 6) is 0.182. The molecule has 2 nitrogen and oxygen atoms in total. The molecule has 1 aliphatic carbocycles. The molecule has 0 radical (unpaired) electrons. The van der Waals surface area contributed by atoms with Gasteiger partial charge in [0.25, 0.3) is 5.91 Å². The van der Waals surface area contributed by atoms with Crippen LogP contribution in [0.5, 0.6) is 0 Å². The van der Waals surface area contributed by atoms with Gasteiger partial charge in [0.05, 0.1) is 0 Å². The number of rotatable bonds is 5. The normalized spacial score (nSPS) is 15.2. The number of alkyl halides is 1. The number of nitrogens with zero attached hydrogens (tertiary/aromatic N) is 1. The Bertz CT molecular complexity index is 397. The molecule has 1 amide bonds. The Morgan fingerprint density at radius 1 is 1.33 bits per heavy atom. The highest BCUT2D eigenvalue weighted by molar-refractivity contribution is 9.09. The minimum absolute atomic E-state index is 0.182. The second-order valence-corrected chi connectivity index (χ2v) is 5.62. The van der Waals surface area contributed by atoms with Gasteiger partial charge in [-0.05, 0) is 43.4 Å². The van der Waals surface area contributed by atoms with Crippen molar-refractivity contribution in [2.24, 2.45) is 0 Å². The summed E-state index contributed by atoms with van der Waals surface area (Å²) < 4.78 is 0. The van der Waals surface area contributed by atoms with Gasteiger partial charge in [0, 0.05) is 23.5 Å². The van der Waals surface area contributed by atoms with Gasteiger partial charge < -0.3 is 4.90 Å². The summed E-state index contributed by atoms with van der Waals surface area (Å²) in [7, 11) is 0. The molecule has 0 bridgehead atoms. The Kier molecular flexibility index (Phi) is 4.81. The summed E-state index contributed by atoms with van der Waals surface area (Å²) in [6.45, 7) is 2.93. The van der Waals surface area contributed by atoms with Crippen molar-refractivity contribution in [3.05, 3.63) is 35.4 Å². The first-order valence-corrected chi connectivity index (χ1v) is 7.84. The molecule has 1 aromatic carbocycles. The lowest BCUT2D eigenvalue weighted by atomic mass is 9.91. The van der Waals surface area contributed by atoms with Crippen molar-refractivity contribution in [3.63, 3.8) is 0 Å². The molecule has 2 rings (SSSR count). The Morgan fingerprint density at radius 3 is 2.44 bits per heavy atom. The van der Waals surface area contributed by atoms with Crippen molar-refractivity contribution in [1.29, 1.82) is 0 Å². The number of aryl methyl sites for hydroxylation is 1. The molecule has 1 saturated carbocycles. The number of halogens is 1. The van der Waals surface area contributed by atoms with Crippen molar-refractivity contribution in [1.82, 2.24) is 4.90 Å². The molecular formula is C15H20BrNO. The minimum Gasteiger partial charge on any atom is -0.335 e. The highest BCUT2D eigenvalue weighted by atomic mass is 79.9. The molecule has 1 aliphatic rings. The third-order valence-corrected chi connectivity index (χ3v) is 4.07. The Hall–Kier alpha value is -0.830. The first-order valence-electron chi connectivity index (χ1n) is 6.72. The monoisotopic (exact) mass is 309 g/mol. The molecular weight excluding hydrogens is 290 g/mol. The zero-order valence-corrected chi connectivity index (χ0v) is 12.4. The van der Waals surface area contributed by atoms with Gasteiger partial charge in [-0.15, -0.1) is 0 Å². The van der Waals surface area contributed by atoms with Crippen LogP contribution in [0.2, 0.25) is 0 Å². The first-order chi connectivity index (χ1) is 8.76. The predicted octanol–water partition coefficient (Wildman–Crippen LogP) is 3.64.